The third-order valence-electron chi connectivity index (χ3n) is 5.22. The van der Waals surface area contributed by atoms with Gasteiger partial charge in [0, 0.05) is 34.3 Å². The molecule has 0 spiro atoms. The van der Waals surface area contributed by atoms with Crippen molar-refractivity contribution in [3.63, 3.8) is 0 Å². The predicted molar refractivity (Wildman–Crippen MR) is 116 cm³/mol. The van der Waals surface area contributed by atoms with Crippen LogP contribution in [0.5, 0.6) is 0 Å². The van der Waals surface area contributed by atoms with Crippen LogP contribution in [0.2, 0.25) is 0 Å². The van der Waals surface area contributed by atoms with Crippen molar-refractivity contribution in [3.05, 3.63) is 78.4 Å². The number of fused-ring (bicyclic) bond motifs is 2. The van der Waals surface area contributed by atoms with Gasteiger partial charge in [-0.05, 0) is 43.2 Å². The van der Waals surface area contributed by atoms with Crippen LogP contribution in [0.1, 0.15) is 24.2 Å². The summed E-state index contributed by atoms with van der Waals surface area (Å²) in [5.41, 5.74) is 5.96. The maximum atomic E-state index is 4.51. The zero-order chi connectivity index (χ0) is 19.8. The molecule has 0 aliphatic rings. The molecule has 0 aliphatic heterocycles. The average molecular weight is 380 g/mol. The lowest BCUT2D eigenvalue weighted by atomic mass is 10.0. The van der Waals surface area contributed by atoms with Gasteiger partial charge in [-0.1, -0.05) is 36.4 Å². The normalized spacial score (nSPS) is 12.3. The van der Waals surface area contributed by atoms with Crippen LogP contribution in [0.25, 0.3) is 33.1 Å². The largest absolute Gasteiger partial charge is 0.363 e. The van der Waals surface area contributed by atoms with Crippen molar-refractivity contribution in [1.29, 1.82) is 0 Å². The van der Waals surface area contributed by atoms with Gasteiger partial charge in [0.15, 0.2) is 5.65 Å². The molecule has 0 bridgehead atoms. The van der Waals surface area contributed by atoms with Crippen LogP contribution >= 0.6 is 0 Å². The molecule has 6 heteroatoms. The molecule has 2 aromatic carbocycles. The van der Waals surface area contributed by atoms with E-state index < -0.39 is 0 Å². The van der Waals surface area contributed by atoms with E-state index in [-0.39, 0.29) is 6.04 Å². The number of aryl methyl sites for hydroxylation is 1. The van der Waals surface area contributed by atoms with Gasteiger partial charge in [0.05, 0.1) is 5.52 Å². The Hall–Kier alpha value is -3.80. The van der Waals surface area contributed by atoms with E-state index in [1.54, 1.807) is 6.33 Å². The Balaban J connectivity index is 1.56. The molecule has 0 amide bonds. The molecule has 0 radical (unpaired) electrons. The molecule has 0 saturated carbocycles. The van der Waals surface area contributed by atoms with Gasteiger partial charge < -0.3 is 5.32 Å². The van der Waals surface area contributed by atoms with Crippen LogP contribution in [0.4, 0.5) is 5.82 Å². The molecular formula is C23H20N6. The highest BCUT2D eigenvalue weighted by molar-refractivity contribution is 5.93. The van der Waals surface area contributed by atoms with Crippen molar-refractivity contribution in [1.82, 2.24) is 25.1 Å². The van der Waals surface area contributed by atoms with E-state index in [0.29, 0.717) is 0 Å². The van der Waals surface area contributed by atoms with Crippen molar-refractivity contribution in [2.75, 3.05) is 5.32 Å². The number of hydrogen-bond acceptors (Lipinski definition) is 5. The third kappa shape index (κ3) is 3.18. The van der Waals surface area contributed by atoms with Gasteiger partial charge in [-0.25, -0.2) is 15.0 Å². The maximum Gasteiger partial charge on any atom is 0.181 e. The van der Waals surface area contributed by atoms with Crippen LogP contribution in [0.15, 0.2) is 67.1 Å². The predicted octanol–water partition coefficient (Wildman–Crippen LogP) is 5.05. The molecular weight excluding hydrogens is 360 g/mol. The second-order valence-corrected chi connectivity index (χ2v) is 7.17. The molecule has 0 fully saturated rings. The van der Waals surface area contributed by atoms with Crippen LogP contribution in [0.3, 0.4) is 0 Å². The van der Waals surface area contributed by atoms with Crippen molar-refractivity contribution < 1.29 is 0 Å². The van der Waals surface area contributed by atoms with E-state index >= 15 is 0 Å². The molecule has 0 aliphatic carbocycles. The summed E-state index contributed by atoms with van der Waals surface area (Å²) in [6.07, 6.45) is 3.46. The lowest BCUT2D eigenvalue weighted by Crippen LogP contribution is -2.08. The molecule has 0 saturated heterocycles. The zero-order valence-corrected chi connectivity index (χ0v) is 16.2. The highest BCUT2D eigenvalue weighted by Gasteiger charge is 2.11. The average Bonchev–Trinajstić information content (AvgIpc) is 3.14. The number of H-pyrrole nitrogens is 1. The second kappa shape index (κ2) is 6.98. The van der Waals surface area contributed by atoms with Gasteiger partial charge in [-0.2, -0.15) is 5.10 Å². The molecule has 2 N–H and O–H groups in total. The molecule has 1 unspecified atom stereocenters. The fraction of sp³-hybridized carbons (Fsp3) is 0.130. The van der Waals surface area contributed by atoms with Crippen molar-refractivity contribution in [2.24, 2.45) is 0 Å². The third-order valence-corrected chi connectivity index (χ3v) is 5.22. The van der Waals surface area contributed by atoms with Crippen LogP contribution in [0, 0.1) is 6.92 Å². The summed E-state index contributed by atoms with van der Waals surface area (Å²) >= 11 is 0. The molecule has 1 atom stereocenters. The van der Waals surface area contributed by atoms with Crippen molar-refractivity contribution in [2.45, 2.75) is 19.9 Å². The monoisotopic (exact) mass is 380 g/mol. The highest BCUT2D eigenvalue weighted by Crippen LogP contribution is 2.30. The Kier molecular flexibility index (Phi) is 4.17. The standard InChI is InChI=1S/C23H20N6/c1-14(16-6-4-3-5-7-16)27-22-20-10-17(8-9-21(20)25-13-26-22)18-11-19-15(2)28-29-23(19)24-12-18/h3-14H,1-2H3,(H,24,28,29)(H,25,26,27). The lowest BCUT2D eigenvalue weighted by Gasteiger charge is -2.16. The van der Waals surface area contributed by atoms with Crippen molar-refractivity contribution >= 4 is 27.8 Å². The number of aromatic amines is 1. The maximum absolute atomic E-state index is 4.51. The van der Waals surface area contributed by atoms with Crippen LogP contribution < -0.4 is 5.32 Å². The number of nitrogens with zero attached hydrogens (tertiary/aromatic N) is 4. The number of pyridine rings is 1. The first kappa shape index (κ1) is 17.3. The van der Waals surface area contributed by atoms with Gasteiger partial charge in [0.25, 0.3) is 0 Å². The Morgan fingerprint density at radius 2 is 1.72 bits per heavy atom. The minimum atomic E-state index is 0.129. The molecule has 6 nitrogen and oxygen atoms in total. The number of benzene rings is 2. The summed E-state index contributed by atoms with van der Waals surface area (Å²) in [5, 5.41) is 12.7. The van der Waals surface area contributed by atoms with E-state index in [2.05, 4.69) is 67.7 Å². The van der Waals surface area contributed by atoms with Gasteiger partial charge in [0.1, 0.15) is 12.1 Å². The van der Waals surface area contributed by atoms with Crippen LogP contribution in [-0.4, -0.2) is 25.1 Å². The highest BCUT2D eigenvalue weighted by atomic mass is 15.1. The van der Waals surface area contributed by atoms with E-state index in [0.717, 1.165) is 44.6 Å². The van der Waals surface area contributed by atoms with Crippen LogP contribution in [-0.2, 0) is 0 Å². The topological polar surface area (TPSA) is 79.4 Å². The molecule has 5 rings (SSSR count). The second-order valence-electron chi connectivity index (χ2n) is 7.17. The summed E-state index contributed by atoms with van der Waals surface area (Å²) < 4.78 is 0. The summed E-state index contributed by atoms with van der Waals surface area (Å²) in [4.78, 5) is 13.4. The fourth-order valence-corrected chi connectivity index (χ4v) is 3.56. The zero-order valence-electron chi connectivity index (χ0n) is 16.2. The number of anilines is 1. The quantitative estimate of drug-likeness (QED) is 0.456. The summed E-state index contributed by atoms with van der Waals surface area (Å²) in [5.74, 6) is 0.821. The van der Waals surface area contributed by atoms with Gasteiger partial charge in [-0.3, -0.25) is 5.10 Å². The number of nitrogens with one attached hydrogen (secondary N) is 2. The van der Waals surface area contributed by atoms with Gasteiger partial charge in [-0.15, -0.1) is 0 Å². The Bertz CT molecular complexity index is 1310. The fourth-order valence-electron chi connectivity index (χ4n) is 3.56. The molecule has 142 valence electrons. The summed E-state index contributed by atoms with van der Waals surface area (Å²) in [6.45, 7) is 4.13. The summed E-state index contributed by atoms with van der Waals surface area (Å²) in [6, 6.07) is 18.8. The van der Waals surface area contributed by atoms with Gasteiger partial charge >= 0.3 is 0 Å². The molecule has 5 aromatic rings. The Labute approximate surface area is 168 Å². The van der Waals surface area contributed by atoms with E-state index in [1.807, 2.05) is 37.4 Å². The van der Waals surface area contributed by atoms with E-state index in [4.69, 9.17) is 0 Å². The minimum Gasteiger partial charge on any atom is -0.363 e. The SMILES string of the molecule is Cc1[nH]nc2ncc(-c3ccc4ncnc(NC(C)c5ccccc5)c4c3)cc12. The molecule has 3 aromatic heterocycles. The summed E-state index contributed by atoms with van der Waals surface area (Å²) in [7, 11) is 0. The first-order chi connectivity index (χ1) is 14.2. The van der Waals surface area contributed by atoms with Crippen molar-refractivity contribution in [3.8, 4) is 11.1 Å². The molecule has 3 heterocycles. The minimum absolute atomic E-state index is 0.129. The Morgan fingerprint density at radius 1 is 0.897 bits per heavy atom. The lowest BCUT2D eigenvalue weighted by molar-refractivity contribution is 0.876. The van der Waals surface area contributed by atoms with E-state index in [1.165, 1.54) is 5.56 Å². The number of rotatable bonds is 4. The number of hydrogen-bond donors (Lipinski definition) is 2. The van der Waals surface area contributed by atoms with E-state index in [9.17, 15) is 0 Å². The Morgan fingerprint density at radius 3 is 2.59 bits per heavy atom. The molecule has 29 heavy (non-hydrogen) atoms. The first-order valence-corrected chi connectivity index (χ1v) is 9.56. The first-order valence-electron chi connectivity index (χ1n) is 9.56. The van der Waals surface area contributed by atoms with Gasteiger partial charge in [0.2, 0.25) is 0 Å². The smallest absolute Gasteiger partial charge is 0.181 e. The number of aromatic nitrogens is 5.